The third-order valence-corrected chi connectivity index (χ3v) is 6.44. The number of benzene rings is 3. The third kappa shape index (κ3) is 10.5. The number of amides is 4. The maximum atomic E-state index is 12.8. The fourth-order valence-corrected chi connectivity index (χ4v) is 4.05. The number of carbonyl (C=O) groups excluding carboxylic acids is 4. The van der Waals surface area contributed by atoms with Crippen LogP contribution in [0.1, 0.15) is 80.0 Å². The quantitative estimate of drug-likeness (QED) is 0.142. The fourth-order valence-electron chi connectivity index (χ4n) is 4.05. The number of rotatable bonds is 16. The van der Waals surface area contributed by atoms with Gasteiger partial charge in [-0.3, -0.25) is 19.2 Å². The Balaban J connectivity index is 1.51. The van der Waals surface area contributed by atoms with Crippen molar-refractivity contribution in [3.8, 4) is 0 Å². The number of unbranched alkanes of at least 4 members (excludes halogenated alkanes) is 4. The predicted molar refractivity (Wildman–Crippen MR) is 162 cm³/mol. The minimum absolute atomic E-state index is 0.143. The van der Waals surface area contributed by atoms with E-state index in [4.69, 9.17) is 10.2 Å². The van der Waals surface area contributed by atoms with Gasteiger partial charge in [-0.05, 0) is 105 Å². The first-order valence-corrected chi connectivity index (χ1v) is 14.1. The van der Waals surface area contributed by atoms with Crippen LogP contribution in [0.25, 0.3) is 0 Å². The molecule has 3 aromatic rings. The number of aliphatic hydroxyl groups excluding tert-OH is 2. The van der Waals surface area contributed by atoms with E-state index in [0.29, 0.717) is 59.6 Å². The molecule has 0 heterocycles. The van der Waals surface area contributed by atoms with Crippen molar-refractivity contribution in [2.24, 2.45) is 0 Å². The lowest BCUT2D eigenvalue weighted by molar-refractivity contribution is 0.0944. The molecule has 42 heavy (non-hydrogen) atoms. The van der Waals surface area contributed by atoms with E-state index in [1.54, 1.807) is 66.7 Å². The molecule has 0 aliphatic heterocycles. The van der Waals surface area contributed by atoms with Gasteiger partial charge >= 0.3 is 0 Å². The molecule has 0 radical (unpaired) electrons. The minimum Gasteiger partial charge on any atom is -0.396 e. The monoisotopic (exact) mass is 574 g/mol. The maximum absolute atomic E-state index is 12.8. The molecule has 0 fully saturated rings. The summed E-state index contributed by atoms with van der Waals surface area (Å²) in [5.41, 5.74) is 2.53. The van der Waals surface area contributed by atoms with Crippen molar-refractivity contribution in [2.75, 3.05) is 36.9 Å². The zero-order valence-electron chi connectivity index (χ0n) is 23.5. The number of aliphatic hydroxyl groups is 2. The first kappa shape index (κ1) is 32.0. The van der Waals surface area contributed by atoms with Crippen LogP contribution in [0.4, 0.5) is 11.4 Å². The van der Waals surface area contributed by atoms with Gasteiger partial charge in [-0.1, -0.05) is 6.07 Å². The Morgan fingerprint density at radius 1 is 0.476 bits per heavy atom. The normalized spacial score (nSPS) is 10.5. The van der Waals surface area contributed by atoms with Gasteiger partial charge in [0.15, 0.2) is 0 Å². The highest BCUT2D eigenvalue weighted by Crippen LogP contribution is 2.15. The maximum Gasteiger partial charge on any atom is 0.255 e. The summed E-state index contributed by atoms with van der Waals surface area (Å²) in [6.07, 6.45) is 4.67. The molecule has 0 bridgehead atoms. The number of anilines is 2. The molecule has 6 N–H and O–H groups in total. The zero-order valence-corrected chi connectivity index (χ0v) is 23.5. The molecule has 3 rings (SSSR count). The Kier molecular flexibility index (Phi) is 13.2. The Morgan fingerprint density at radius 2 is 0.881 bits per heavy atom. The van der Waals surface area contributed by atoms with Crippen molar-refractivity contribution >= 4 is 35.0 Å². The van der Waals surface area contributed by atoms with Crippen molar-refractivity contribution in [3.63, 3.8) is 0 Å². The highest BCUT2D eigenvalue weighted by atomic mass is 16.3. The molecule has 10 nitrogen and oxygen atoms in total. The van der Waals surface area contributed by atoms with E-state index in [0.717, 1.165) is 25.7 Å². The van der Waals surface area contributed by atoms with Crippen molar-refractivity contribution in [2.45, 2.75) is 38.5 Å². The Bertz CT molecular complexity index is 1230. The Hall–Kier alpha value is -4.54. The lowest BCUT2D eigenvalue weighted by Gasteiger charge is -2.10. The van der Waals surface area contributed by atoms with E-state index in [1.165, 1.54) is 6.07 Å². The van der Waals surface area contributed by atoms with Crippen molar-refractivity contribution in [3.05, 3.63) is 95.1 Å². The van der Waals surface area contributed by atoms with Crippen LogP contribution < -0.4 is 21.3 Å². The summed E-state index contributed by atoms with van der Waals surface area (Å²) in [6, 6.07) is 19.3. The number of hydrogen-bond acceptors (Lipinski definition) is 6. The summed E-state index contributed by atoms with van der Waals surface area (Å²) < 4.78 is 0. The predicted octanol–water partition coefficient (Wildman–Crippen LogP) is 3.98. The molecule has 0 aliphatic carbocycles. The zero-order chi connectivity index (χ0) is 30.2. The SMILES string of the molecule is O=C(NCCCCCO)c1ccc(NC(=O)c2cccc(C(=O)Nc3ccc(C(=O)NCCCCCO)cc3)c2)cc1. The average molecular weight is 575 g/mol. The fraction of sp³-hybridized carbons (Fsp3) is 0.312. The Morgan fingerprint density at radius 3 is 1.26 bits per heavy atom. The van der Waals surface area contributed by atoms with Crippen LogP contribution in [0.3, 0.4) is 0 Å². The molecular weight excluding hydrogens is 536 g/mol. The van der Waals surface area contributed by atoms with Gasteiger partial charge in [-0.15, -0.1) is 0 Å². The minimum atomic E-state index is -0.405. The molecule has 222 valence electrons. The van der Waals surface area contributed by atoms with E-state index in [1.807, 2.05) is 0 Å². The molecule has 10 heteroatoms. The first-order chi connectivity index (χ1) is 20.4. The molecule has 4 amide bonds. The largest absolute Gasteiger partial charge is 0.396 e. The number of hydrogen-bond donors (Lipinski definition) is 6. The lowest BCUT2D eigenvalue weighted by Crippen LogP contribution is -2.24. The highest BCUT2D eigenvalue weighted by Gasteiger charge is 2.13. The smallest absolute Gasteiger partial charge is 0.255 e. The molecule has 3 aromatic carbocycles. The summed E-state index contributed by atoms with van der Waals surface area (Å²) in [7, 11) is 0. The van der Waals surface area contributed by atoms with Gasteiger partial charge in [0.25, 0.3) is 23.6 Å². The van der Waals surface area contributed by atoms with Gasteiger partial charge < -0.3 is 31.5 Å². The van der Waals surface area contributed by atoms with Crippen LogP contribution in [0, 0.1) is 0 Å². The average Bonchev–Trinajstić information content (AvgIpc) is 3.01. The summed E-state index contributed by atoms with van der Waals surface area (Å²) in [4.78, 5) is 50.2. The van der Waals surface area contributed by atoms with Crippen LogP contribution in [0.15, 0.2) is 72.8 Å². The molecule has 0 aromatic heterocycles. The molecule has 0 atom stereocenters. The summed E-state index contributed by atoms with van der Waals surface area (Å²) in [5, 5.41) is 28.8. The highest BCUT2D eigenvalue weighted by molar-refractivity contribution is 6.09. The third-order valence-electron chi connectivity index (χ3n) is 6.44. The van der Waals surface area contributed by atoms with Crippen LogP contribution >= 0.6 is 0 Å². The number of nitrogens with one attached hydrogen (secondary N) is 4. The van der Waals surface area contributed by atoms with Crippen molar-refractivity contribution in [1.29, 1.82) is 0 Å². The van der Waals surface area contributed by atoms with Gasteiger partial charge in [0.2, 0.25) is 0 Å². The van der Waals surface area contributed by atoms with Crippen LogP contribution in [0.2, 0.25) is 0 Å². The van der Waals surface area contributed by atoms with E-state index in [2.05, 4.69) is 21.3 Å². The van der Waals surface area contributed by atoms with Crippen molar-refractivity contribution in [1.82, 2.24) is 10.6 Å². The summed E-state index contributed by atoms with van der Waals surface area (Å²) in [6.45, 7) is 1.34. The van der Waals surface area contributed by atoms with E-state index in [-0.39, 0.29) is 25.0 Å². The van der Waals surface area contributed by atoms with Crippen LogP contribution in [-0.4, -0.2) is 60.1 Å². The van der Waals surface area contributed by atoms with Crippen molar-refractivity contribution < 1.29 is 29.4 Å². The number of carbonyl (C=O) groups is 4. The van der Waals surface area contributed by atoms with Crippen LogP contribution in [-0.2, 0) is 0 Å². The van der Waals surface area contributed by atoms with Gasteiger partial charge in [-0.2, -0.15) is 0 Å². The van der Waals surface area contributed by atoms with Gasteiger partial charge in [-0.25, -0.2) is 0 Å². The molecule has 0 saturated carbocycles. The van der Waals surface area contributed by atoms with E-state index >= 15 is 0 Å². The van der Waals surface area contributed by atoms with Gasteiger partial charge in [0.1, 0.15) is 0 Å². The topological polar surface area (TPSA) is 157 Å². The van der Waals surface area contributed by atoms with Gasteiger partial charge in [0.05, 0.1) is 0 Å². The Labute approximate surface area is 245 Å². The standard InChI is InChI=1S/C32H38N4O6/c37-20-5-1-3-18-33-29(39)23-10-14-27(15-11-23)35-31(41)25-8-7-9-26(22-25)32(42)36-28-16-12-24(13-17-28)30(40)34-19-4-2-6-21-38/h7-17,22,37-38H,1-6,18-21H2,(H,33,39)(H,34,40)(H,35,41)(H,36,42). The second kappa shape index (κ2) is 17.3. The summed E-state index contributed by atoms with van der Waals surface area (Å²) in [5.74, 6) is -1.23. The molecule has 0 spiro atoms. The molecular formula is C32H38N4O6. The summed E-state index contributed by atoms with van der Waals surface area (Å²) >= 11 is 0. The molecule has 0 saturated heterocycles. The second-order valence-electron chi connectivity index (χ2n) is 9.72. The van der Waals surface area contributed by atoms with E-state index in [9.17, 15) is 19.2 Å². The second-order valence-corrected chi connectivity index (χ2v) is 9.72. The lowest BCUT2D eigenvalue weighted by atomic mass is 10.1. The molecule has 0 aliphatic rings. The van der Waals surface area contributed by atoms with E-state index < -0.39 is 11.8 Å². The first-order valence-electron chi connectivity index (χ1n) is 14.1. The molecule has 0 unspecified atom stereocenters. The van der Waals surface area contributed by atoms with Crippen LogP contribution in [0.5, 0.6) is 0 Å². The van der Waals surface area contributed by atoms with Gasteiger partial charge in [0, 0.05) is 59.9 Å².